The number of benzene rings is 1. The number of hydrogen-bond donors (Lipinski definition) is 1. The first-order chi connectivity index (χ1) is 14.1. The molecule has 1 N–H and O–H groups in total. The van der Waals surface area contributed by atoms with Gasteiger partial charge in [-0.25, -0.2) is 9.97 Å². The van der Waals surface area contributed by atoms with E-state index < -0.39 is 0 Å². The monoisotopic (exact) mass is 416 g/mol. The molecule has 1 heterocycles. The van der Waals surface area contributed by atoms with Crippen molar-refractivity contribution in [3.05, 3.63) is 46.9 Å². The second-order valence-electron chi connectivity index (χ2n) is 5.35. The number of ether oxygens (including phenoxy) is 4. The molecule has 2 aromatic rings. The number of nitrogens with one attached hydrogen (secondary N) is 1. The van der Waals surface area contributed by atoms with Gasteiger partial charge in [0.1, 0.15) is 34.7 Å². The van der Waals surface area contributed by atoms with E-state index in [1.165, 1.54) is 51.6 Å². The summed E-state index contributed by atoms with van der Waals surface area (Å²) in [5.74, 6) is 1.09. The van der Waals surface area contributed by atoms with Gasteiger partial charge in [0.25, 0.3) is 0 Å². The van der Waals surface area contributed by atoms with Crippen molar-refractivity contribution in [1.82, 2.24) is 9.97 Å². The lowest BCUT2D eigenvalue weighted by molar-refractivity contribution is 0.0500. The summed E-state index contributed by atoms with van der Waals surface area (Å²) in [4.78, 5) is 21.0. The van der Waals surface area contributed by atoms with Gasteiger partial charge in [-0.05, 0) is 6.26 Å². The van der Waals surface area contributed by atoms with E-state index in [-0.39, 0.29) is 29.6 Å². The normalized spacial score (nSPS) is 10.8. The van der Waals surface area contributed by atoms with Crippen LogP contribution in [0, 0.1) is 11.3 Å². The van der Waals surface area contributed by atoms with E-state index in [0.29, 0.717) is 22.3 Å². The van der Waals surface area contributed by atoms with Crippen molar-refractivity contribution in [2.45, 2.75) is 0 Å². The van der Waals surface area contributed by atoms with Crippen molar-refractivity contribution < 1.29 is 23.7 Å². The predicted octanol–water partition coefficient (Wildman–Crippen LogP) is 2.85. The molecular formula is C19H20N4O5S. The van der Waals surface area contributed by atoms with E-state index in [0.717, 1.165) is 0 Å². The van der Waals surface area contributed by atoms with Gasteiger partial charge in [-0.2, -0.15) is 5.26 Å². The van der Waals surface area contributed by atoms with Gasteiger partial charge in [-0.15, -0.1) is 11.8 Å². The molecule has 0 saturated carbocycles. The molecule has 1 aromatic carbocycles. The highest BCUT2D eigenvalue weighted by molar-refractivity contribution is 8.02. The molecule has 0 aliphatic carbocycles. The van der Waals surface area contributed by atoms with Crippen LogP contribution < -0.4 is 19.5 Å². The lowest BCUT2D eigenvalue weighted by atomic mass is 10.1. The van der Waals surface area contributed by atoms with E-state index in [4.69, 9.17) is 24.2 Å². The number of nitrogens with zero attached hydrogens (tertiary/aromatic N) is 3. The molecule has 0 saturated heterocycles. The maximum absolute atomic E-state index is 13.0. The number of thioether (sulfide) groups is 1. The molecule has 0 fully saturated rings. The van der Waals surface area contributed by atoms with E-state index in [1.54, 1.807) is 18.4 Å². The molecule has 0 spiro atoms. The van der Waals surface area contributed by atoms with Gasteiger partial charge in [0, 0.05) is 25.3 Å². The van der Waals surface area contributed by atoms with Crippen molar-refractivity contribution in [2.24, 2.45) is 0 Å². The largest absolute Gasteiger partial charge is 0.496 e. The maximum atomic E-state index is 13.0. The van der Waals surface area contributed by atoms with Crippen LogP contribution in [-0.2, 0) is 4.74 Å². The van der Waals surface area contributed by atoms with Crippen LogP contribution in [0.2, 0.25) is 0 Å². The van der Waals surface area contributed by atoms with Crippen molar-refractivity contribution >= 4 is 23.4 Å². The number of methoxy groups -OCH3 is 3. The van der Waals surface area contributed by atoms with Crippen molar-refractivity contribution in [2.75, 3.05) is 39.7 Å². The molecular weight excluding hydrogens is 396 g/mol. The zero-order valence-corrected chi connectivity index (χ0v) is 17.2. The molecule has 0 radical (unpaired) electrons. The van der Waals surface area contributed by atoms with Crippen molar-refractivity contribution in [1.29, 1.82) is 5.26 Å². The van der Waals surface area contributed by atoms with Gasteiger partial charge >= 0.3 is 0 Å². The van der Waals surface area contributed by atoms with Gasteiger partial charge in [0.05, 0.1) is 31.6 Å². The first-order valence-electron chi connectivity index (χ1n) is 8.23. The zero-order valence-electron chi connectivity index (χ0n) is 16.4. The summed E-state index contributed by atoms with van der Waals surface area (Å²) >= 11 is 1.31. The number of anilines is 1. The van der Waals surface area contributed by atoms with Gasteiger partial charge < -0.3 is 24.3 Å². The summed E-state index contributed by atoms with van der Waals surface area (Å²) in [6.07, 6.45) is 5.95. The Morgan fingerprint density at radius 2 is 1.97 bits per heavy atom. The highest BCUT2D eigenvalue weighted by Gasteiger charge is 2.20. The molecule has 29 heavy (non-hydrogen) atoms. The van der Waals surface area contributed by atoms with Crippen LogP contribution in [0.25, 0.3) is 0 Å². The van der Waals surface area contributed by atoms with E-state index in [2.05, 4.69) is 15.3 Å². The van der Waals surface area contributed by atoms with Crippen LogP contribution in [0.1, 0.15) is 16.1 Å². The highest BCUT2D eigenvalue weighted by Crippen LogP contribution is 2.35. The molecule has 0 amide bonds. The number of ketones is 1. The van der Waals surface area contributed by atoms with E-state index in [1.807, 2.05) is 6.07 Å². The fourth-order valence-corrected chi connectivity index (χ4v) is 2.67. The summed E-state index contributed by atoms with van der Waals surface area (Å²) in [5.41, 5.74) is 0.425. The standard InChI is InChI=1S/C19H20N4O5S/c1-25-11-28-16-6-13(26-2)5-15(27-3)19(16)14(24)7-18(29-4)23-17-10-21-12(8-20)9-22-17/h5-7,9-10H,11H2,1-4H3,(H,22,23). The molecule has 1 aromatic heterocycles. The van der Waals surface area contributed by atoms with Crippen LogP contribution in [0.3, 0.4) is 0 Å². The Morgan fingerprint density at radius 3 is 2.52 bits per heavy atom. The summed E-state index contributed by atoms with van der Waals surface area (Å²) in [5, 5.41) is 12.3. The molecule has 0 bridgehead atoms. The molecule has 0 aliphatic rings. The third kappa shape index (κ3) is 5.84. The number of carbonyl (C=O) groups excluding carboxylic acids is 1. The quantitative estimate of drug-likeness (QED) is 0.352. The fraction of sp³-hybridized carbons (Fsp3) is 0.263. The van der Waals surface area contributed by atoms with Crippen molar-refractivity contribution in [3.8, 4) is 23.3 Å². The third-order valence-electron chi connectivity index (χ3n) is 3.57. The minimum absolute atomic E-state index is 0.0468. The van der Waals surface area contributed by atoms with Crippen LogP contribution in [0.15, 0.2) is 35.6 Å². The van der Waals surface area contributed by atoms with Gasteiger partial charge in [0.15, 0.2) is 18.3 Å². The number of nitriles is 1. The Morgan fingerprint density at radius 1 is 1.21 bits per heavy atom. The Bertz CT molecular complexity index is 925. The number of rotatable bonds is 10. The number of aromatic nitrogens is 2. The van der Waals surface area contributed by atoms with Crippen LogP contribution in [0.5, 0.6) is 17.2 Å². The highest BCUT2D eigenvalue weighted by atomic mass is 32.2. The summed E-state index contributed by atoms with van der Waals surface area (Å²) in [6, 6.07) is 5.08. The minimum atomic E-state index is -0.353. The molecule has 0 atom stereocenters. The second-order valence-corrected chi connectivity index (χ2v) is 6.20. The minimum Gasteiger partial charge on any atom is -0.496 e. The Balaban J connectivity index is 2.37. The summed E-state index contributed by atoms with van der Waals surface area (Å²) in [6.45, 7) is -0.0468. The SMILES string of the molecule is COCOc1cc(OC)cc(OC)c1C(=O)C=C(Nc1cnc(C#N)cn1)SC. The Hall–Kier alpha value is -3.29. The van der Waals surface area contributed by atoms with E-state index in [9.17, 15) is 4.79 Å². The number of hydrogen-bond acceptors (Lipinski definition) is 10. The average Bonchev–Trinajstić information content (AvgIpc) is 2.76. The van der Waals surface area contributed by atoms with Gasteiger partial charge in [-0.1, -0.05) is 0 Å². The lowest BCUT2D eigenvalue weighted by Crippen LogP contribution is -2.09. The average molecular weight is 416 g/mol. The molecule has 152 valence electrons. The topological polar surface area (TPSA) is 116 Å². The second kappa shape index (κ2) is 10.9. The predicted molar refractivity (Wildman–Crippen MR) is 108 cm³/mol. The van der Waals surface area contributed by atoms with Gasteiger partial charge in [0.2, 0.25) is 0 Å². The summed E-state index contributed by atoms with van der Waals surface area (Å²) < 4.78 is 21.1. The van der Waals surface area contributed by atoms with E-state index >= 15 is 0 Å². The molecule has 10 heteroatoms. The first kappa shape index (κ1) is 22.0. The number of carbonyl (C=O) groups is 1. The number of allylic oxidation sites excluding steroid dienone is 1. The summed E-state index contributed by atoms with van der Waals surface area (Å²) in [7, 11) is 4.44. The molecule has 2 rings (SSSR count). The smallest absolute Gasteiger partial charge is 0.195 e. The lowest BCUT2D eigenvalue weighted by Gasteiger charge is -2.15. The maximum Gasteiger partial charge on any atom is 0.195 e. The van der Waals surface area contributed by atoms with Crippen LogP contribution in [0.4, 0.5) is 5.82 Å². The fourth-order valence-electron chi connectivity index (χ4n) is 2.24. The van der Waals surface area contributed by atoms with Crippen LogP contribution in [-0.4, -0.2) is 50.1 Å². The molecule has 0 unspecified atom stereocenters. The molecule has 9 nitrogen and oxygen atoms in total. The van der Waals surface area contributed by atoms with Gasteiger partial charge in [-0.3, -0.25) is 4.79 Å². The Labute approximate surface area is 172 Å². The first-order valence-corrected chi connectivity index (χ1v) is 9.45. The molecule has 0 aliphatic heterocycles. The zero-order chi connectivity index (χ0) is 21.2. The van der Waals surface area contributed by atoms with Crippen LogP contribution >= 0.6 is 11.8 Å². The van der Waals surface area contributed by atoms with Crippen molar-refractivity contribution in [3.63, 3.8) is 0 Å². The Kier molecular flexibility index (Phi) is 8.27. The third-order valence-corrected chi connectivity index (χ3v) is 4.23.